The van der Waals surface area contributed by atoms with Crippen LogP contribution in [0.4, 0.5) is 0 Å². The number of carbonyl (C=O) groups excluding carboxylic acids is 1. The van der Waals surface area contributed by atoms with Gasteiger partial charge in [-0.15, -0.1) is 24.4 Å². The second-order valence-electron chi connectivity index (χ2n) is 1.85. The van der Waals surface area contributed by atoms with Gasteiger partial charge in [-0.05, 0) is 5.56 Å². The molecule has 3 nitrogen and oxygen atoms in total. The van der Waals surface area contributed by atoms with Crippen LogP contribution in [0.1, 0.15) is 10.4 Å². The van der Waals surface area contributed by atoms with Crippen molar-refractivity contribution >= 4 is 18.2 Å². The topological polar surface area (TPSA) is 42.1 Å². The van der Waals surface area contributed by atoms with Crippen LogP contribution in [0.15, 0.2) is 12.1 Å². The normalized spacial score (nSPS) is 8.42. The Morgan fingerprint density at radius 1 is 1.67 bits per heavy atom. The molecule has 5 heteroatoms. The molecule has 60 valence electrons. The largest absolute Gasteiger partial charge is 0.509 e. The van der Waals surface area contributed by atoms with Gasteiger partial charge in [0.2, 0.25) is 0 Å². The van der Waals surface area contributed by atoms with Gasteiger partial charge in [-0.2, -0.15) is 0 Å². The van der Waals surface area contributed by atoms with Gasteiger partial charge >= 0.3 is 0 Å². The average Bonchev–Trinajstić information content (AvgIpc) is 2.05. The molecule has 0 atom stereocenters. The molecule has 0 bridgehead atoms. The summed E-state index contributed by atoms with van der Waals surface area (Å²) >= 11 is 4.76. The standard InChI is InChI=1S/C7H6NO2S.Rf/c1-10-7(9)5-2-3-6(11)8-4-5;/h2-3H,1H3,(H,8,11);/q-1;. The van der Waals surface area contributed by atoms with Gasteiger partial charge in [0.05, 0.1) is 7.11 Å². The molecule has 0 saturated heterocycles. The van der Waals surface area contributed by atoms with Crippen LogP contribution in [0.3, 0.4) is 0 Å². The molecule has 0 aliphatic carbocycles. The molecule has 0 unspecified atom stereocenters. The van der Waals surface area contributed by atoms with E-state index in [9.17, 15) is 4.79 Å². The number of hydrogen-bond donors (Lipinski definition) is 1. The van der Waals surface area contributed by atoms with Gasteiger partial charge in [0.25, 0.3) is 5.97 Å². The van der Waals surface area contributed by atoms with E-state index in [-0.39, 0.29) is 0 Å². The van der Waals surface area contributed by atoms with E-state index in [1.54, 1.807) is 12.1 Å². The van der Waals surface area contributed by atoms with Crippen LogP contribution < -0.4 is 0 Å². The maximum atomic E-state index is 10.8. The van der Waals surface area contributed by atoms with Gasteiger partial charge in [-0.25, -0.2) is 0 Å². The molecular weight excluding hydrogens is 429 g/mol. The Morgan fingerprint density at radius 2 is 2.33 bits per heavy atom. The van der Waals surface area contributed by atoms with Crippen molar-refractivity contribution in [2.45, 2.75) is 0 Å². The first-order chi connectivity index (χ1) is 5.24. The van der Waals surface area contributed by atoms with E-state index >= 15 is 0 Å². The predicted molar refractivity (Wildman–Crippen MR) is 41.8 cm³/mol. The molecule has 0 aliphatic rings. The van der Waals surface area contributed by atoms with Crippen molar-refractivity contribution in [1.82, 2.24) is 4.98 Å². The van der Waals surface area contributed by atoms with E-state index in [0.29, 0.717) is 10.2 Å². The quantitative estimate of drug-likeness (QED) is 0.412. The fraction of sp³-hybridized carbons (Fsp3) is 0.143. The number of aromatic nitrogens is 1. The Labute approximate surface area is 69.0 Å². The first kappa shape index (κ1) is 9.84. The number of pyridine rings is 1. The summed E-state index contributed by atoms with van der Waals surface area (Å²) in [7, 11) is 1.32. The maximum Gasteiger partial charge on any atom is 0.251 e. The zero-order valence-corrected chi connectivity index (χ0v) is 13.8. The van der Waals surface area contributed by atoms with Crippen molar-refractivity contribution in [2.75, 3.05) is 7.11 Å². The minimum absolute atomic E-state index is 0. The van der Waals surface area contributed by atoms with Crippen LogP contribution in [0, 0.1) is 10.8 Å². The third-order valence-electron chi connectivity index (χ3n) is 1.13. The van der Waals surface area contributed by atoms with Gasteiger partial charge < -0.3 is 14.5 Å². The summed E-state index contributed by atoms with van der Waals surface area (Å²) in [6.45, 7) is 0. The number of esters is 1. The van der Waals surface area contributed by atoms with Crippen LogP contribution in [0.25, 0.3) is 0 Å². The second kappa shape index (κ2) is 3.88. The van der Waals surface area contributed by atoms with Gasteiger partial charge in [0, 0.05) is 4.64 Å². The number of ether oxygens (including phenoxy) is 1. The van der Waals surface area contributed by atoms with Gasteiger partial charge in [0.15, 0.2) is 0 Å². The Kier molecular flexibility index (Phi) is 3.18. The Balaban J connectivity index is 0.00000121. The van der Waals surface area contributed by atoms with E-state index in [1.807, 2.05) is 0 Å². The molecule has 0 amide bonds. The molecule has 0 spiro atoms. The van der Waals surface area contributed by atoms with Gasteiger partial charge in [-0.1, -0.05) is 6.20 Å². The van der Waals surface area contributed by atoms with Crippen molar-refractivity contribution in [3.05, 3.63) is 28.5 Å². The van der Waals surface area contributed by atoms with Crippen molar-refractivity contribution in [3.63, 3.8) is 0 Å². The van der Waals surface area contributed by atoms with Crippen LogP contribution in [0.5, 0.6) is 0 Å². The van der Waals surface area contributed by atoms with Crippen LogP contribution >= 0.6 is 12.2 Å². The van der Waals surface area contributed by atoms with Crippen LogP contribution in [-0.2, 0) is 4.74 Å². The number of nitrogens with one attached hydrogen (secondary N) is 1. The molecule has 0 radical (unpaired) electrons. The molecule has 1 aromatic rings. The molecule has 0 saturated carbocycles. The minimum Gasteiger partial charge on any atom is -0.509 e. The predicted octanol–water partition coefficient (Wildman–Crippen LogP) is 1.33. The number of rotatable bonds is 1. The summed E-state index contributed by atoms with van der Waals surface area (Å²) < 4.78 is 4.99. The molecule has 0 fully saturated rings. The maximum absolute atomic E-state index is 10.8. The first-order valence-electron chi connectivity index (χ1n) is 2.93. The Hall–Kier alpha value is -2.16. The third kappa shape index (κ3) is 1.91. The Morgan fingerprint density at radius 3 is 2.75 bits per heavy atom. The minimum atomic E-state index is -0.420. The first-order valence-corrected chi connectivity index (χ1v) is 3.34. The van der Waals surface area contributed by atoms with E-state index < -0.39 is 5.97 Å². The summed E-state index contributed by atoms with van der Waals surface area (Å²) in [6.07, 6.45) is 2.58. The summed E-state index contributed by atoms with van der Waals surface area (Å²) in [4.78, 5) is 13.4. The molecule has 1 heterocycles. The second-order valence-corrected chi connectivity index (χ2v) is 2.29. The molecule has 12 heavy (non-hydrogen) atoms. The SMILES string of the molecule is COC(=O)c1[c-][nH]c(=S)cc1.[Rf]. The number of carbonyl (C=O) groups is 1. The van der Waals surface area contributed by atoms with Crippen LogP contribution in [-0.4, -0.2) is 18.1 Å². The number of hydrogen-bond acceptors (Lipinski definition) is 3. The zero-order chi connectivity index (χ0) is 8.27. The van der Waals surface area contributed by atoms with Gasteiger partial charge in [-0.3, -0.25) is 0 Å². The number of aromatic amines is 1. The van der Waals surface area contributed by atoms with Crippen molar-refractivity contribution in [3.8, 4) is 0 Å². The van der Waals surface area contributed by atoms with Crippen molar-refractivity contribution in [1.29, 1.82) is 0 Å². The summed E-state index contributed by atoms with van der Waals surface area (Å²) in [6, 6.07) is 3.17. The van der Waals surface area contributed by atoms with E-state index in [0.717, 1.165) is 0 Å². The number of methoxy groups -OCH3 is 1. The molecular formula is C7H6NO2RfS-. The monoisotopic (exact) mass is 435 g/mol. The van der Waals surface area contributed by atoms with Crippen molar-refractivity contribution < 1.29 is 9.53 Å². The molecule has 1 N–H and O–H groups in total. The van der Waals surface area contributed by atoms with Crippen molar-refractivity contribution in [2.24, 2.45) is 0 Å². The fourth-order valence-corrected chi connectivity index (χ4v) is 0.719. The molecule has 1 rings (SSSR count). The smallest absolute Gasteiger partial charge is 0.251 e. The molecule has 0 aromatic carbocycles. The average molecular weight is 435 g/mol. The van der Waals surface area contributed by atoms with E-state index in [4.69, 9.17) is 12.2 Å². The fourth-order valence-electron chi connectivity index (χ4n) is 0.600. The summed E-state index contributed by atoms with van der Waals surface area (Å²) in [5.74, 6) is -0.420. The summed E-state index contributed by atoms with van der Waals surface area (Å²) in [5, 5.41) is 0. The van der Waals surface area contributed by atoms with Crippen LogP contribution in [0.2, 0.25) is 0 Å². The van der Waals surface area contributed by atoms with E-state index in [1.165, 1.54) is 7.11 Å². The zero-order valence-electron chi connectivity index (χ0n) is 6.59. The van der Waals surface area contributed by atoms with E-state index in [2.05, 4.69) is 15.9 Å². The molecule has 1 aromatic heterocycles. The summed E-state index contributed by atoms with van der Waals surface area (Å²) in [5.41, 5.74) is 0.348. The Bertz CT molecular complexity index is 303. The van der Waals surface area contributed by atoms with Gasteiger partial charge in [0.1, 0.15) is 0 Å². The third-order valence-corrected chi connectivity index (χ3v) is 1.37. The molecule has 0 aliphatic heterocycles. The number of H-pyrrole nitrogens is 1.